The highest BCUT2D eigenvalue weighted by Crippen LogP contribution is 2.31. The highest BCUT2D eigenvalue weighted by Gasteiger charge is 2.21. The van der Waals surface area contributed by atoms with Gasteiger partial charge in [-0.3, -0.25) is 14.7 Å². The lowest BCUT2D eigenvalue weighted by atomic mass is 10.2. The summed E-state index contributed by atoms with van der Waals surface area (Å²) in [6.45, 7) is 1.98. The minimum Gasteiger partial charge on any atom is -0.494 e. The zero-order valence-electron chi connectivity index (χ0n) is 11.2. The molecular formula is C13H14FN3O3. The van der Waals surface area contributed by atoms with Crippen LogP contribution in [0.5, 0.6) is 5.75 Å². The number of rotatable bonds is 5. The van der Waals surface area contributed by atoms with Crippen molar-refractivity contribution in [2.75, 3.05) is 7.11 Å². The second kappa shape index (κ2) is 5.68. The number of nitro groups is 1. The molecule has 1 heterocycles. The zero-order chi connectivity index (χ0) is 14.7. The summed E-state index contributed by atoms with van der Waals surface area (Å²) in [6.07, 6.45) is 4.70. The van der Waals surface area contributed by atoms with Gasteiger partial charge in [0.25, 0.3) is 5.69 Å². The van der Waals surface area contributed by atoms with Crippen LogP contribution < -0.4 is 4.74 Å². The van der Waals surface area contributed by atoms with Gasteiger partial charge < -0.3 is 4.74 Å². The van der Waals surface area contributed by atoms with Gasteiger partial charge in [-0.15, -0.1) is 0 Å². The Kier molecular flexibility index (Phi) is 3.97. The van der Waals surface area contributed by atoms with E-state index in [0.717, 1.165) is 12.5 Å². The summed E-state index contributed by atoms with van der Waals surface area (Å²) in [7, 11) is 1.31. The maximum absolute atomic E-state index is 13.6. The fourth-order valence-electron chi connectivity index (χ4n) is 1.99. The van der Waals surface area contributed by atoms with Crippen molar-refractivity contribution in [2.24, 2.45) is 0 Å². The SMILES string of the molecule is CCCc1nccn1-c1cc(OC)c(F)cc1[N+](=O)[O-]. The van der Waals surface area contributed by atoms with E-state index in [1.54, 1.807) is 17.0 Å². The number of methoxy groups -OCH3 is 1. The molecule has 0 aliphatic rings. The number of imidazole rings is 1. The molecule has 0 amide bonds. The summed E-state index contributed by atoms with van der Waals surface area (Å²) in [4.78, 5) is 14.7. The van der Waals surface area contributed by atoms with E-state index < -0.39 is 10.7 Å². The summed E-state index contributed by atoms with van der Waals surface area (Å²) in [6, 6.07) is 2.18. The van der Waals surface area contributed by atoms with E-state index in [0.29, 0.717) is 12.2 Å². The highest BCUT2D eigenvalue weighted by molar-refractivity contribution is 5.57. The minimum atomic E-state index is -0.764. The third kappa shape index (κ3) is 2.47. The first-order valence-electron chi connectivity index (χ1n) is 6.13. The number of hydrogen-bond donors (Lipinski definition) is 0. The highest BCUT2D eigenvalue weighted by atomic mass is 19.1. The molecule has 0 aliphatic carbocycles. The van der Waals surface area contributed by atoms with Gasteiger partial charge in [0.2, 0.25) is 0 Å². The lowest BCUT2D eigenvalue weighted by Crippen LogP contribution is -2.05. The van der Waals surface area contributed by atoms with Gasteiger partial charge in [-0.2, -0.15) is 0 Å². The Balaban J connectivity index is 2.64. The molecule has 0 unspecified atom stereocenters. The van der Waals surface area contributed by atoms with Gasteiger partial charge in [0.15, 0.2) is 11.6 Å². The van der Waals surface area contributed by atoms with Crippen molar-refractivity contribution in [3.05, 3.63) is 46.3 Å². The Morgan fingerprint density at radius 1 is 1.50 bits per heavy atom. The number of halogens is 1. The molecule has 0 atom stereocenters. The van der Waals surface area contributed by atoms with Gasteiger partial charge in [0.05, 0.1) is 18.1 Å². The van der Waals surface area contributed by atoms with Crippen LogP contribution in [-0.4, -0.2) is 21.6 Å². The van der Waals surface area contributed by atoms with Gasteiger partial charge in [-0.1, -0.05) is 6.92 Å². The van der Waals surface area contributed by atoms with Gasteiger partial charge in [0, 0.05) is 24.9 Å². The molecule has 7 heteroatoms. The average molecular weight is 279 g/mol. The van der Waals surface area contributed by atoms with Gasteiger partial charge >= 0.3 is 0 Å². The van der Waals surface area contributed by atoms with Crippen LogP contribution >= 0.6 is 0 Å². The van der Waals surface area contributed by atoms with E-state index in [-0.39, 0.29) is 17.1 Å². The number of nitrogens with zero attached hydrogens (tertiary/aromatic N) is 3. The Bertz CT molecular complexity index is 640. The molecule has 2 rings (SSSR count). The summed E-state index contributed by atoms with van der Waals surface area (Å²) >= 11 is 0. The lowest BCUT2D eigenvalue weighted by Gasteiger charge is -2.10. The quantitative estimate of drug-likeness (QED) is 0.623. The second-order valence-electron chi connectivity index (χ2n) is 4.20. The molecule has 0 spiro atoms. The van der Waals surface area contributed by atoms with Crippen LogP contribution in [-0.2, 0) is 6.42 Å². The molecular weight excluding hydrogens is 265 g/mol. The summed E-state index contributed by atoms with van der Waals surface area (Å²) in [5.41, 5.74) is -0.0761. The van der Waals surface area contributed by atoms with Crippen LogP contribution in [0.4, 0.5) is 10.1 Å². The number of aromatic nitrogens is 2. The van der Waals surface area contributed by atoms with E-state index in [9.17, 15) is 14.5 Å². The van der Waals surface area contributed by atoms with Crippen LogP contribution in [0.25, 0.3) is 5.69 Å². The summed E-state index contributed by atoms with van der Waals surface area (Å²) in [5, 5.41) is 11.1. The molecule has 0 aliphatic heterocycles. The summed E-state index contributed by atoms with van der Waals surface area (Å²) < 4.78 is 20.1. The Morgan fingerprint density at radius 3 is 2.85 bits per heavy atom. The molecule has 1 aromatic carbocycles. The normalized spacial score (nSPS) is 10.6. The first-order chi connectivity index (χ1) is 9.58. The lowest BCUT2D eigenvalue weighted by molar-refractivity contribution is -0.384. The van der Waals surface area contributed by atoms with E-state index in [4.69, 9.17) is 4.74 Å². The molecule has 0 saturated heterocycles. The molecule has 1 aromatic heterocycles. The van der Waals surface area contributed by atoms with E-state index in [1.165, 1.54) is 13.2 Å². The topological polar surface area (TPSA) is 70.2 Å². The van der Waals surface area contributed by atoms with Crippen molar-refractivity contribution < 1.29 is 14.1 Å². The first-order valence-corrected chi connectivity index (χ1v) is 6.13. The number of benzene rings is 1. The van der Waals surface area contributed by atoms with Gasteiger partial charge in [-0.05, 0) is 6.42 Å². The molecule has 20 heavy (non-hydrogen) atoms. The minimum absolute atomic E-state index is 0.0400. The third-order valence-corrected chi connectivity index (χ3v) is 2.90. The maximum Gasteiger partial charge on any atom is 0.296 e. The Morgan fingerprint density at radius 2 is 2.25 bits per heavy atom. The number of aryl methyl sites for hydroxylation is 1. The molecule has 0 N–H and O–H groups in total. The van der Waals surface area contributed by atoms with Crippen molar-refractivity contribution in [2.45, 2.75) is 19.8 Å². The predicted molar refractivity (Wildman–Crippen MR) is 70.7 cm³/mol. The molecule has 0 fully saturated rings. The largest absolute Gasteiger partial charge is 0.494 e. The fraction of sp³-hybridized carbons (Fsp3) is 0.308. The smallest absolute Gasteiger partial charge is 0.296 e. The third-order valence-electron chi connectivity index (χ3n) is 2.90. The molecule has 106 valence electrons. The molecule has 2 aromatic rings. The van der Waals surface area contributed by atoms with E-state index >= 15 is 0 Å². The van der Waals surface area contributed by atoms with Crippen molar-refractivity contribution in [3.63, 3.8) is 0 Å². The Hall–Kier alpha value is -2.44. The maximum atomic E-state index is 13.6. The second-order valence-corrected chi connectivity index (χ2v) is 4.20. The fourth-order valence-corrected chi connectivity index (χ4v) is 1.99. The standard InChI is InChI=1S/C13H14FN3O3/c1-3-4-13-15-5-6-16(13)10-8-12(20-2)9(14)7-11(10)17(18)19/h5-8H,3-4H2,1-2H3. The van der Waals surface area contributed by atoms with Gasteiger partial charge in [-0.25, -0.2) is 9.37 Å². The van der Waals surface area contributed by atoms with E-state index in [1.807, 2.05) is 6.92 Å². The van der Waals surface area contributed by atoms with Crippen LogP contribution in [0.3, 0.4) is 0 Å². The van der Waals surface area contributed by atoms with Crippen molar-refractivity contribution >= 4 is 5.69 Å². The number of nitro benzene ring substituents is 1. The number of hydrogen-bond acceptors (Lipinski definition) is 4. The van der Waals surface area contributed by atoms with Crippen LogP contribution in [0, 0.1) is 15.9 Å². The van der Waals surface area contributed by atoms with Crippen LogP contribution in [0.2, 0.25) is 0 Å². The van der Waals surface area contributed by atoms with Crippen molar-refractivity contribution in [1.82, 2.24) is 9.55 Å². The molecule has 0 radical (unpaired) electrons. The average Bonchev–Trinajstić information content (AvgIpc) is 2.87. The monoisotopic (exact) mass is 279 g/mol. The zero-order valence-corrected chi connectivity index (χ0v) is 11.2. The molecule has 6 nitrogen and oxygen atoms in total. The molecule has 0 saturated carbocycles. The molecule has 0 bridgehead atoms. The predicted octanol–water partition coefficient (Wildman–Crippen LogP) is 2.88. The van der Waals surface area contributed by atoms with Crippen molar-refractivity contribution in [3.8, 4) is 11.4 Å². The first kappa shape index (κ1) is 14.0. The van der Waals surface area contributed by atoms with Crippen LogP contribution in [0.1, 0.15) is 19.2 Å². The van der Waals surface area contributed by atoms with Crippen LogP contribution in [0.15, 0.2) is 24.5 Å². The summed E-state index contributed by atoms with van der Waals surface area (Å²) in [5.74, 6) is -0.119. The van der Waals surface area contributed by atoms with Crippen molar-refractivity contribution in [1.29, 1.82) is 0 Å². The van der Waals surface area contributed by atoms with E-state index in [2.05, 4.69) is 4.98 Å². The Labute approximate surface area is 115 Å². The number of ether oxygens (including phenoxy) is 1. The van der Waals surface area contributed by atoms with Gasteiger partial charge in [0.1, 0.15) is 11.5 Å².